The minimum Gasteiger partial charge on any atom is -0.504 e. The van der Waals surface area contributed by atoms with E-state index >= 15 is 0 Å². The molecule has 0 saturated heterocycles. The molecule has 0 unspecified atom stereocenters. The van der Waals surface area contributed by atoms with Crippen LogP contribution in [-0.2, 0) is 0 Å². The first-order chi connectivity index (χ1) is 9.09. The number of carbonyl (C=O) groups excluding carboxylic acids is 1. The van der Waals surface area contributed by atoms with Crippen molar-refractivity contribution >= 4 is 41.8 Å². The van der Waals surface area contributed by atoms with Crippen LogP contribution in [0.3, 0.4) is 0 Å². The van der Waals surface area contributed by atoms with E-state index in [0.29, 0.717) is 5.69 Å². The largest absolute Gasteiger partial charge is 0.504 e. The van der Waals surface area contributed by atoms with Crippen LogP contribution in [0.25, 0.3) is 0 Å². The third kappa shape index (κ3) is 3.13. The molecule has 2 aromatic rings. The van der Waals surface area contributed by atoms with Crippen molar-refractivity contribution in [3.63, 3.8) is 0 Å². The number of carbonyl (C=O) groups is 1. The average molecular weight is 295 g/mol. The molecule has 0 aliphatic heterocycles. The molecule has 0 aliphatic rings. The zero-order chi connectivity index (χ0) is 13.8. The monoisotopic (exact) mass is 294 g/mol. The van der Waals surface area contributed by atoms with Gasteiger partial charge in [0.25, 0.3) is 0 Å². The standard InChI is InChI=1S/C13H11ClN2O2S/c14-10-7-4-8-11(12(10)17)16(19)13(18)15-9-5-2-1-3-6-9/h1-8,17,19H,(H,15,18). The first-order valence-electron chi connectivity index (χ1n) is 5.42. The smallest absolute Gasteiger partial charge is 0.336 e. The maximum absolute atomic E-state index is 12.0. The van der Waals surface area contributed by atoms with Crippen molar-refractivity contribution in [2.75, 3.05) is 9.62 Å². The van der Waals surface area contributed by atoms with Crippen LogP contribution >= 0.6 is 24.4 Å². The molecule has 0 aliphatic carbocycles. The van der Waals surface area contributed by atoms with E-state index in [2.05, 4.69) is 18.1 Å². The van der Waals surface area contributed by atoms with Gasteiger partial charge in [0.2, 0.25) is 0 Å². The molecule has 2 aromatic carbocycles. The van der Waals surface area contributed by atoms with Crippen LogP contribution in [0, 0.1) is 0 Å². The highest BCUT2D eigenvalue weighted by atomic mass is 35.5. The lowest BCUT2D eigenvalue weighted by Gasteiger charge is -2.18. The predicted octanol–water partition coefficient (Wildman–Crippen LogP) is 3.93. The highest BCUT2D eigenvalue weighted by Crippen LogP contribution is 2.35. The maximum Gasteiger partial charge on any atom is 0.336 e. The van der Waals surface area contributed by atoms with Crippen molar-refractivity contribution < 1.29 is 9.90 Å². The number of hydrogen-bond donors (Lipinski definition) is 3. The SMILES string of the molecule is O=C(Nc1ccccc1)N(S)c1cccc(Cl)c1O. The Hall–Kier alpha value is -1.85. The summed E-state index contributed by atoms with van der Waals surface area (Å²) >= 11 is 9.84. The number of nitrogens with zero attached hydrogens (tertiary/aromatic N) is 1. The van der Waals surface area contributed by atoms with Gasteiger partial charge in [-0.2, -0.15) is 0 Å². The van der Waals surface area contributed by atoms with Crippen molar-refractivity contribution in [1.82, 2.24) is 0 Å². The van der Waals surface area contributed by atoms with Crippen LogP contribution in [0.1, 0.15) is 0 Å². The lowest BCUT2D eigenvalue weighted by molar-refractivity contribution is 0.260. The fraction of sp³-hybridized carbons (Fsp3) is 0. The van der Waals surface area contributed by atoms with E-state index in [1.54, 1.807) is 36.4 Å². The van der Waals surface area contributed by atoms with Gasteiger partial charge in [0.15, 0.2) is 5.75 Å². The summed E-state index contributed by atoms with van der Waals surface area (Å²) in [6, 6.07) is 13.1. The minimum atomic E-state index is -0.493. The zero-order valence-corrected chi connectivity index (χ0v) is 11.4. The molecule has 0 bridgehead atoms. The van der Waals surface area contributed by atoms with Gasteiger partial charge in [0.1, 0.15) is 5.69 Å². The number of aromatic hydroxyl groups is 1. The lowest BCUT2D eigenvalue weighted by Crippen LogP contribution is -2.26. The fourth-order valence-electron chi connectivity index (χ4n) is 1.48. The summed E-state index contributed by atoms with van der Waals surface area (Å²) in [6.07, 6.45) is 0. The number of thiol groups is 1. The number of anilines is 2. The number of hydrogen-bond acceptors (Lipinski definition) is 3. The Morgan fingerprint density at radius 1 is 1.16 bits per heavy atom. The van der Waals surface area contributed by atoms with E-state index in [1.165, 1.54) is 6.07 Å². The Bertz CT molecular complexity index is 592. The van der Waals surface area contributed by atoms with Gasteiger partial charge in [0, 0.05) is 5.69 Å². The zero-order valence-electron chi connectivity index (χ0n) is 9.75. The molecule has 0 heterocycles. The quantitative estimate of drug-likeness (QED) is 0.735. The van der Waals surface area contributed by atoms with Gasteiger partial charge < -0.3 is 10.4 Å². The summed E-state index contributed by atoms with van der Waals surface area (Å²) in [7, 11) is 0. The van der Waals surface area contributed by atoms with E-state index < -0.39 is 6.03 Å². The van der Waals surface area contributed by atoms with Gasteiger partial charge in [-0.15, -0.1) is 0 Å². The molecule has 19 heavy (non-hydrogen) atoms. The molecular formula is C13H11ClN2O2S. The molecule has 2 N–H and O–H groups in total. The summed E-state index contributed by atoms with van der Waals surface area (Å²) in [5.41, 5.74) is 0.845. The van der Waals surface area contributed by atoms with Crippen LogP contribution in [-0.4, -0.2) is 11.1 Å². The summed E-state index contributed by atoms with van der Waals surface area (Å²) in [6.45, 7) is 0. The van der Waals surface area contributed by atoms with Gasteiger partial charge in [-0.1, -0.05) is 48.7 Å². The summed E-state index contributed by atoms with van der Waals surface area (Å²) in [5, 5.41) is 12.6. The van der Waals surface area contributed by atoms with Crippen LogP contribution in [0.2, 0.25) is 5.02 Å². The molecule has 6 heteroatoms. The third-order valence-corrected chi connectivity index (χ3v) is 3.11. The number of para-hydroxylation sites is 2. The molecule has 0 fully saturated rings. The van der Waals surface area contributed by atoms with Gasteiger partial charge >= 0.3 is 6.03 Å². The average Bonchev–Trinajstić information content (AvgIpc) is 2.42. The Morgan fingerprint density at radius 2 is 1.84 bits per heavy atom. The topological polar surface area (TPSA) is 52.6 Å². The number of phenols is 1. The maximum atomic E-state index is 12.0. The molecule has 4 nitrogen and oxygen atoms in total. The molecular weight excluding hydrogens is 284 g/mol. The minimum absolute atomic E-state index is 0.157. The Kier molecular flexibility index (Phi) is 4.19. The molecule has 2 amide bonds. The van der Waals surface area contributed by atoms with Crippen LogP contribution in [0.4, 0.5) is 16.2 Å². The first-order valence-corrected chi connectivity index (χ1v) is 6.20. The van der Waals surface area contributed by atoms with Gasteiger partial charge in [-0.25, -0.2) is 9.10 Å². The number of benzene rings is 2. The molecule has 0 spiro atoms. The van der Waals surface area contributed by atoms with Crippen LogP contribution in [0.15, 0.2) is 48.5 Å². The van der Waals surface area contributed by atoms with E-state index in [9.17, 15) is 9.90 Å². The summed E-state index contributed by atoms with van der Waals surface area (Å²) in [4.78, 5) is 12.0. The second kappa shape index (κ2) is 5.86. The fourth-order valence-corrected chi connectivity index (χ4v) is 1.86. The van der Waals surface area contributed by atoms with Gasteiger partial charge in [-0.3, -0.25) is 0 Å². The van der Waals surface area contributed by atoms with Crippen molar-refractivity contribution in [3.05, 3.63) is 53.6 Å². The van der Waals surface area contributed by atoms with Crippen molar-refractivity contribution in [2.45, 2.75) is 0 Å². The molecule has 98 valence electrons. The van der Waals surface area contributed by atoms with E-state index in [0.717, 1.165) is 4.31 Å². The van der Waals surface area contributed by atoms with E-state index in [-0.39, 0.29) is 16.5 Å². The van der Waals surface area contributed by atoms with Crippen LogP contribution < -0.4 is 9.62 Å². The van der Waals surface area contributed by atoms with Crippen molar-refractivity contribution in [3.8, 4) is 5.75 Å². The Labute approximate surface area is 121 Å². The number of amides is 2. The lowest BCUT2D eigenvalue weighted by atomic mass is 10.3. The first kappa shape index (κ1) is 13.6. The van der Waals surface area contributed by atoms with Gasteiger partial charge in [-0.05, 0) is 24.3 Å². The normalized spacial score (nSPS) is 10.0. The number of rotatable bonds is 2. The third-order valence-electron chi connectivity index (χ3n) is 2.41. The van der Waals surface area contributed by atoms with Crippen molar-refractivity contribution in [1.29, 1.82) is 0 Å². The Balaban J connectivity index is 2.17. The van der Waals surface area contributed by atoms with E-state index in [1.807, 2.05) is 6.07 Å². The molecule has 0 radical (unpaired) electrons. The predicted molar refractivity (Wildman–Crippen MR) is 80.0 cm³/mol. The molecule has 0 atom stereocenters. The molecule has 0 saturated carbocycles. The van der Waals surface area contributed by atoms with Crippen molar-refractivity contribution in [2.24, 2.45) is 0 Å². The number of urea groups is 1. The number of halogens is 1. The second-order valence-electron chi connectivity index (χ2n) is 3.72. The van der Waals surface area contributed by atoms with Crippen LogP contribution in [0.5, 0.6) is 5.75 Å². The Morgan fingerprint density at radius 3 is 2.53 bits per heavy atom. The molecule has 0 aromatic heterocycles. The number of nitrogens with one attached hydrogen (secondary N) is 1. The van der Waals surface area contributed by atoms with E-state index in [4.69, 9.17) is 11.6 Å². The summed E-state index contributed by atoms with van der Waals surface area (Å²) < 4.78 is 0.994. The summed E-state index contributed by atoms with van der Waals surface area (Å²) in [5.74, 6) is -0.192. The molecule has 2 rings (SSSR count). The number of phenolic OH excluding ortho intramolecular Hbond substituents is 1. The highest BCUT2D eigenvalue weighted by Gasteiger charge is 2.17. The highest BCUT2D eigenvalue weighted by molar-refractivity contribution is 7.82. The second-order valence-corrected chi connectivity index (χ2v) is 4.52. The van der Waals surface area contributed by atoms with Gasteiger partial charge in [0.05, 0.1) is 5.02 Å².